The molecule has 5 nitrogen and oxygen atoms in total. The first kappa shape index (κ1) is 20.6. The van der Waals surface area contributed by atoms with E-state index in [-0.39, 0.29) is 24.5 Å². The van der Waals surface area contributed by atoms with Gasteiger partial charge in [-0.1, -0.05) is 24.3 Å². The molecule has 0 aliphatic rings. The molecule has 27 heavy (non-hydrogen) atoms. The minimum Gasteiger partial charge on any atom is -0.494 e. The second-order valence-corrected chi connectivity index (χ2v) is 6.66. The molecule has 1 N–H and O–H groups in total. The molecule has 5 heteroatoms. The number of Topliss-reactive ketones (excluding diaryl/α,β-unsaturated/α-hetero) is 1. The number of nitrogens with zero attached hydrogens (tertiary/aromatic N) is 1. The van der Waals surface area contributed by atoms with Crippen LogP contribution >= 0.6 is 0 Å². The third-order valence-electron chi connectivity index (χ3n) is 4.15. The van der Waals surface area contributed by atoms with Crippen LogP contribution in [0, 0.1) is 0 Å². The topological polar surface area (TPSA) is 58.6 Å². The van der Waals surface area contributed by atoms with E-state index in [4.69, 9.17) is 4.74 Å². The van der Waals surface area contributed by atoms with Gasteiger partial charge in [0.25, 0.3) is 0 Å². The van der Waals surface area contributed by atoms with Gasteiger partial charge in [0.2, 0.25) is 5.91 Å². The molecule has 0 aliphatic carbocycles. The van der Waals surface area contributed by atoms with E-state index in [0.717, 1.165) is 17.9 Å². The number of hydrogen-bond acceptors (Lipinski definition) is 4. The second kappa shape index (κ2) is 10.5. The van der Waals surface area contributed by atoms with Gasteiger partial charge in [0.1, 0.15) is 5.75 Å². The third kappa shape index (κ3) is 6.87. The lowest BCUT2D eigenvalue weighted by molar-refractivity contribution is -0.121. The predicted octanol–water partition coefficient (Wildman–Crippen LogP) is 3.43. The molecule has 0 atom stereocenters. The lowest BCUT2D eigenvalue weighted by Crippen LogP contribution is -2.24. The number of rotatable bonds is 10. The molecule has 2 aromatic rings. The van der Waals surface area contributed by atoms with Crippen molar-refractivity contribution in [3.8, 4) is 5.75 Å². The molecule has 2 aromatic carbocycles. The molecule has 0 unspecified atom stereocenters. The molecule has 0 saturated carbocycles. The van der Waals surface area contributed by atoms with Crippen LogP contribution in [0.3, 0.4) is 0 Å². The summed E-state index contributed by atoms with van der Waals surface area (Å²) in [7, 11) is 4.03. The van der Waals surface area contributed by atoms with Crippen LogP contribution < -0.4 is 10.1 Å². The number of ketones is 1. The summed E-state index contributed by atoms with van der Waals surface area (Å²) in [4.78, 5) is 26.5. The summed E-state index contributed by atoms with van der Waals surface area (Å²) in [5.74, 6) is 0.582. The maximum Gasteiger partial charge on any atom is 0.220 e. The summed E-state index contributed by atoms with van der Waals surface area (Å²) in [5, 5.41) is 2.92. The van der Waals surface area contributed by atoms with Crippen LogP contribution in [0.25, 0.3) is 0 Å². The van der Waals surface area contributed by atoms with Crippen LogP contribution in [-0.2, 0) is 17.9 Å². The third-order valence-corrected chi connectivity index (χ3v) is 4.15. The Morgan fingerprint density at radius 2 is 1.63 bits per heavy atom. The van der Waals surface area contributed by atoms with Gasteiger partial charge >= 0.3 is 0 Å². The van der Waals surface area contributed by atoms with Gasteiger partial charge in [-0.25, -0.2) is 0 Å². The van der Waals surface area contributed by atoms with Crippen molar-refractivity contribution in [3.63, 3.8) is 0 Å². The standard InChI is InChI=1S/C22H28N2O3/c1-4-27-20-11-9-17(10-12-20)21(25)13-14-22(26)23-15-18-7-5-6-8-19(18)16-24(2)3/h5-12H,4,13-16H2,1-3H3,(H,23,26). The SMILES string of the molecule is CCOc1ccc(C(=O)CCC(=O)NCc2ccccc2CN(C)C)cc1. The minimum absolute atomic E-state index is 0.0405. The highest BCUT2D eigenvalue weighted by Gasteiger charge is 2.10. The smallest absolute Gasteiger partial charge is 0.220 e. The van der Waals surface area contributed by atoms with E-state index in [2.05, 4.69) is 16.3 Å². The number of amides is 1. The number of carbonyl (C=O) groups is 2. The molecule has 0 spiro atoms. The van der Waals surface area contributed by atoms with Crippen LogP contribution in [0.4, 0.5) is 0 Å². The maximum absolute atomic E-state index is 12.2. The quantitative estimate of drug-likeness (QED) is 0.653. The van der Waals surface area contributed by atoms with Gasteiger partial charge in [0, 0.05) is 31.5 Å². The summed E-state index contributed by atoms with van der Waals surface area (Å²) in [6.07, 6.45) is 0.376. The average molecular weight is 368 g/mol. The minimum atomic E-state index is -0.117. The Bertz CT molecular complexity index is 754. The number of nitrogens with one attached hydrogen (secondary N) is 1. The number of hydrogen-bond donors (Lipinski definition) is 1. The van der Waals surface area contributed by atoms with Gasteiger partial charge in [-0.15, -0.1) is 0 Å². The van der Waals surface area contributed by atoms with Crippen molar-refractivity contribution in [2.75, 3.05) is 20.7 Å². The lowest BCUT2D eigenvalue weighted by atomic mass is 10.1. The van der Waals surface area contributed by atoms with Gasteiger partial charge in [-0.2, -0.15) is 0 Å². The number of carbonyl (C=O) groups excluding carboxylic acids is 2. The molecular weight excluding hydrogens is 340 g/mol. The Kier molecular flexibility index (Phi) is 8.01. The predicted molar refractivity (Wildman–Crippen MR) is 107 cm³/mol. The van der Waals surface area contributed by atoms with E-state index in [9.17, 15) is 9.59 Å². The van der Waals surface area contributed by atoms with Gasteiger partial charge in [0.05, 0.1) is 6.61 Å². The molecule has 0 aromatic heterocycles. The molecule has 144 valence electrons. The summed E-state index contributed by atoms with van der Waals surface area (Å²) >= 11 is 0. The molecule has 0 heterocycles. The zero-order valence-corrected chi connectivity index (χ0v) is 16.3. The van der Waals surface area contributed by atoms with E-state index in [0.29, 0.717) is 18.7 Å². The van der Waals surface area contributed by atoms with E-state index in [1.807, 2.05) is 39.2 Å². The van der Waals surface area contributed by atoms with Crippen molar-refractivity contribution in [1.29, 1.82) is 0 Å². The fraction of sp³-hybridized carbons (Fsp3) is 0.364. The highest BCUT2D eigenvalue weighted by molar-refractivity contribution is 5.98. The Morgan fingerprint density at radius 3 is 2.26 bits per heavy atom. The lowest BCUT2D eigenvalue weighted by Gasteiger charge is -2.14. The monoisotopic (exact) mass is 368 g/mol. The van der Waals surface area contributed by atoms with Gasteiger partial charge in [0.15, 0.2) is 5.78 Å². The summed E-state index contributed by atoms with van der Waals surface area (Å²) in [6, 6.07) is 15.1. The zero-order chi connectivity index (χ0) is 19.6. The van der Waals surface area contributed by atoms with Crippen molar-refractivity contribution in [3.05, 3.63) is 65.2 Å². The summed E-state index contributed by atoms with van der Waals surface area (Å²) in [6.45, 7) is 3.80. The largest absolute Gasteiger partial charge is 0.494 e. The average Bonchev–Trinajstić information content (AvgIpc) is 2.66. The van der Waals surface area contributed by atoms with Crippen molar-refractivity contribution < 1.29 is 14.3 Å². The molecule has 0 aliphatic heterocycles. The Balaban J connectivity index is 1.81. The van der Waals surface area contributed by atoms with Gasteiger partial charge < -0.3 is 15.0 Å². The first-order valence-corrected chi connectivity index (χ1v) is 9.24. The maximum atomic E-state index is 12.2. The van der Waals surface area contributed by atoms with E-state index < -0.39 is 0 Å². The number of benzene rings is 2. The second-order valence-electron chi connectivity index (χ2n) is 6.66. The van der Waals surface area contributed by atoms with Crippen LogP contribution in [0.2, 0.25) is 0 Å². The zero-order valence-electron chi connectivity index (χ0n) is 16.3. The van der Waals surface area contributed by atoms with Crippen molar-refractivity contribution >= 4 is 11.7 Å². The van der Waals surface area contributed by atoms with Crippen LogP contribution in [-0.4, -0.2) is 37.3 Å². The summed E-state index contributed by atoms with van der Waals surface area (Å²) < 4.78 is 5.37. The van der Waals surface area contributed by atoms with E-state index in [1.165, 1.54) is 5.56 Å². The molecule has 2 rings (SSSR count). The molecule has 0 radical (unpaired) electrons. The van der Waals surface area contributed by atoms with Crippen molar-refractivity contribution in [2.24, 2.45) is 0 Å². The Labute approximate surface area is 161 Å². The van der Waals surface area contributed by atoms with Crippen LogP contribution in [0.1, 0.15) is 41.3 Å². The highest BCUT2D eigenvalue weighted by Crippen LogP contribution is 2.14. The fourth-order valence-electron chi connectivity index (χ4n) is 2.78. The van der Waals surface area contributed by atoms with Crippen molar-refractivity contribution in [1.82, 2.24) is 10.2 Å². The summed E-state index contributed by atoms with van der Waals surface area (Å²) in [5.41, 5.74) is 2.88. The molecule has 0 fully saturated rings. The van der Waals surface area contributed by atoms with Crippen molar-refractivity contribution in [2.45, 2.75) is 32.9 Å². The Morgan fingerprint density at radius 1 is 0.963 bits per heavy atom. The first-order valence-electron chi connectivity index (χ1n) is 9.24. The van der Waals surface area contributed by atoms with Crippen LogP contribution in [0.15, 0.2) is 48.5 Å². The van der Waals surface area contributed by atoms with E-state index >= 15 is 0 Å². The highest BCUT2D eigenvalue weighted by atomic mass is 16.5. The van der Waals surface area contributed by atoms with Gasteiger partial charge in [-0.3, -0.25) is 9.59 Å². The molecule has 1 amide bonds. The molecule has 0 saturated heterocycles. The Hall–Kier alpha value is -2.66. The molecule has 0 bridgehead atoms. The first-order chi connectivity index (χ1) is 13.0. The molecular formula is C22H28N2O3. The number of ether oxygens (including phenoxy) is 1. The van der Waals surface area contributed by atoms with Gasteiger partial charge in [-0.05, 0) is 56.4 Å². The van der Waals surface area contributed by atoms with Crippen LogP contribution in [0.5, 0.6) is 5.75 Å². The normalized spacial score (nSPS) is 10.7. The van der Waals surface area contributed by atoms with E-state index in [1.54, 1.807) is 24.3 Å². The fourth-order valence-corrected chi connectivity index (χ4v) is 2.78.